The van der Waals surface area contributed by atoms with E-state index in [2.05, 4.69) is 59.5 Å². The van der Waals surface area contributed by atoms with Crippen molar-refractivity contribution in [3.05, 3.63) is 131 Å². The SMILES string of the molecule is O=C1C(=CC2=CC=C(N3c4ccccc4[Te]c4ccccc43)C2)C(=O)c2cc3ccccc3cc21. The molecule has 35 heavy (non-hydrogen) atoms. The predicted molar refractivity (Wildman–Crippen MR) is 142 cm³/mol. The van der Waals surface area contributed by atoms with Crippen LogP contribution in [0.5, 0.6) is 0 Å². The van der Waals surface area contributed by atoms with Gasteiger partial charge >= 0.3 is 190 Å². The molecule has 0 aromatic heterocycles. The van der Waals surface area contributed by atoms with Gasteiger partial charge in [-0.1, -0.05) is 24.3 Å². The number of carbonyl (C=O) groups is 2. The van der Waals surface area contributed by atoms with Crippen molar-refractivity contribution in [1.82, 2.24) is 0 Å². The van der Waals surface area contributed by atoms with Crippen molar-refractivity contribution in [3.8, 4) is 0 Å². The summed E-state index contributed by atoms with van der Waals surface area (Å²) in [5, 5.41) is 1.95. The van der Waals surface area contributed by atoms with Gasteiger partial charge in [-0.25, -0.2) is 0 Å². The summed E-state index contributed by atoms with van der Waals surface area (Å²) in [6.07, 6.45) is 6.64. The van der Waals surface area contributed by atoms with E-state index in [0.717, 1.165) is 22.0 Å². The third kappa shape index (κ3) is 3.26. The van der Waals surface area contributed by atoms with E-state index in [-0.39, 0.29) is 17.1 Å². The number of nitrogens with zero attached hydrogens (tertiary/aromatic N) is 1. The van der Waals surface area contributed by atoms with Gasteiger partial charge in [0.25, 0.3) is 0 Å². The molecular weight excluding hydrogens is 546 g/mol. The van der Waals surface area contributed by atoms with Crippen LogP contribution in [0.25, 0.3) is 10.8 Å². The quantitative estimate of drug-likeness (QED) is 0.192. The van der Waals surface area contributed by atoms with Crippen molar-refractivity contribution in [3.63, 3.8) is 0 Å². The molecule has 0 saturated carbocycles. The first-order valence-corrected chi connectivity index (χ1v) is 13.9. The Morgan fingerprint density at radius 3 is 1.83 bits per heavy atom. The summed E-state index contributed by atoms with van der Waals surface area (Å²) in [5.41, 5.74) is 5.91. The molecule has 0 radical (unpaired) electrons. The molecule has 7 rings (SSSR count). The molecule has 0 unspecified atom stereocenters. The Labute approximate surface area is 213 Å². The number of rotatable bonds is 2. The summed E-state index contributed by atoms with van der Waals surface area (Å²) in [6, 6.07) is 28.8. The summed E-state index contributed by atoms with van der Waals surface area (Å²) < 4.78 is 2.85. The fraction of sp³-hybridized carbons (Fsp3) is 0.0323. The maximum absolute atomic E-state index is 13.2. The fourth-order valence-electron chi connectivity index (χ4n) is 5.12. The number of benzene rings is 4. The Bertz CT molecular complexity index is 1590. The number of ketones is 2. The molecule has 0 saturated heterocycles. The minimum absolute atomic E-state index is 0.176. The number of carbonyl (C=O) groups excluding carboxylic acids is 2. The molecule has 4 aromatic carbocycles. The van der Waals surface area contributed by atoms with Gasteiger partial charge in [0.2, 0.25) is 0 Å². The number of hydrogen-bond acceptors (Lipinski definition) is 3. The van der Waals surface area contributed by atoms with E-state index in [1.54, 1.807) is 6.08 Å². The minimum atomic E-state index is -0.439. The molecule has 3 nitrogen and oxygen atoms in total. The van der Waals surface area contributed by atoms with Gasteiger partial charge in [-0.15, -0.1) is 0 Å². The van der Waals surface area contributed by atoms with Crippen LogP contribution in [0.3, 0.4) is 0 Å². The third-order valence-corrected chi connectivity index (χ3v) is 10.0. The molecule has 2 aliphatic carbocycles. The first-order chi connectivity index (χ1) is 17.2. The van der Waals surface area contributed by atoms with Crippen molar-refractivity contribution < 1.29 is 9.59 Å². The predicted octanol–water partition coefficient (Wildman–Crippen LogP) is 5.17. The van der Waals surface area contributed by atoms with Gasteiger partial charge in [0, 0.05) is 0 Å². The maximum atomic E-state index is 13.2. The number of allylic oxidation sites excluding steroid dienone is 5. The number of Topliss-reactive ketones (excluding diaryl/α,β-unsaturated/α-hetero) is 2. The van der Waals surface area contributed by atoms with Gasteiger partial charge in [-0.05, 0) is 0 Å². The summed E-state index contributed by atoms with van der Waals surface area (Å²) in [7, 11) is 0. The molecule has 0 atom stereocenters. The number of hydrogen-bond donors (Lipinski definition) is 0. The molecule has 0 amide bonds. The van der Waals surface area contributed by atoms with E-state index in [4.69, 9.17) is 0 Å². The van der Waals surface area contributed by atoms with Gasteiger partial charge in [-0.3, -0.25) is 0 Å². The Hall–Kier alpha value is -3.71. The van der Waals surface area contributed by atoms with Crippen LogP contribution < -0.4 is 12.1 Å². The molecule has 0 fully saturated rings. The van der Waals surface area contributed by atoms with E-state index in [1.165, 1.54) is 18.6 Å². The number of anilines is 2. The fourth-order valence-corrected chi connectivity index (χ4v) is 8.14. The zero-order valence-corrected chi connectivity index (χ0v) is 21.0. The molecule has 1 heterocycles. The van der Waals surface area contributed by atoms with Gasteiger partial charge in [0.15, 0.2) is 0 Å². The van der Waals surface area contributed by atoms with Gasteiger partial charge in [-0.2, -0.15) is 0 Å². The topological polar surface area (TPSA) is 37.4 Å². The number of fused-ring (bicyclic) bond motifs is 4. The second-order valence-electron chi connectivity index (χ2n) is 8.91. The Morgan fingerprint density at radius 1 is 0.686 bits per heavy atom. The zero-order valence-electron chi connectivity index (χ0n) is 18.7. The zero-order chi connectivity index (χ0) is 23.5. The third-order valence-electron chi connectivity index (χ3n) is 6.79. The monoisotopic (exact) mass is 567 g/mol. The van der Waals surface area contributed by atoms with Gasteiger partial charge < -0.3 is 0 Å². The Kier molecular flexibility index (Phi) is 4.67. The molecule has 166 valence electrons. The molecule has 4 aromatic rings. The van der Waals surface area contributed by atoms with Crippen molar-refractivity contribution in [2.75, 3.05) is 4.90 Å². The average molecular weight is 565 g/mol. The molecular formula is C31H19NO2Te. The van der Waals surface area contributed by atoms with E-state index in [0.29, 0.717) is 17.5 Å². The van der Waals surface area contributed by atoms with Crippen molar-refractivity contribution in [2.24, 2.45) is 0 Å². The number of para-hydroxylation sites is 2. The summed E-state index contributed by atoms with van der Waals surface area (Å²) >= 11 is -0.439. The molecule has 0 N–H and O–H groups in total. The van der Waals surface area contributed by atoms with Crippen LogP contribution in [-0.2, 0) is 0 Å². The van der Waals surface area contributed by atoms with Crippen LogP contribution in [0, 0.1) is 0 Å². The molecule has 3 aliphatic rings. The molecule has 0 spiro atoms. The standard InChI is InChI=1S/C31H19NO2Te/c33-30-23-17-20-7-1-2-8-21(20)18-24(23)31(34)25(30)16-19-13-14-22(15-19)32-26-9-3-5-11-28(26)35-29-12-6-4-10-27(29)32/h1-14,16-18H,15H2. The van der Waals surface area contributed by atoms with E-state index in [9.17, 15) is 9.59 Å². The Balaban J connectivity index is 1.22. The summed E-state index contributed by atoms with van der Waals surface area (Å²) in [6.45, 7) is 0. The van der Waals surface area contributed by atoms with Crippen LogP contribution >= 0.6 is 0 Å². The van der Waals surface area contributed by atoms with Crippen LogP contribution in [0.4, 0.5) is 11.4 Å². The second-order valence-corrected chi connectivity index (χ2v) is 12.0. The first kappa shape index (κ1) is 20.6. The normalized spacial score (nSPS) is 16.1. The van der Waals surface area contributed by atoms with Gasteiger partial charge in [0.1, 0.15) is 0 Å². The van der Waals surface area contributed by atoms with E-state index >= 15 is 0 Å². The van der Waals surface area contributed by atoms with Gasteiger partial charge in [0.05, 0.1) is 0 Å². The van der Waals surface area contributed by atoms with Crippen molar-refractivity contribution in [1.29, 1.82) is 0 Å². The second kappa shape index (κ2) is 7.92. The Morgan fingerprint density at radius 2 is 1.23 bits per heavy atom. The first-order valence-electron chi connectivity index (χ1n) is 11.6. The van der Waals surface area contributed by atoms with Crippen LogP contribution in [0.1, 0.15) is 27.1 Å². The van der Waals surface area contributed by atoms with Crippen LogP contribution in [0.2, 0.25) is 0 Å². The molecule has 4 heteroatoms. The van der Waals surface area contributed by atoms with E-state index in [1.807, 2.05) is 42.5 Å². The molecule has 1 aliphatic heterocycles. The van der Waals surface area contributed by atoms with Crippen LogP contribution in [-0.4, -0.2) is 32.5 Å². The van der Waals surface area contributed by atoms with Crippen molar-refractivity contribution in [2.45, 2.75) is 6.42 Å². The summed E-state index contributed by atoms with van der Waals surface area (Å²) in [5.74, 6) is -0.353. The summed E-state index contributed by atoms with van der Waals surface area (Å²) in [4.78, 5) is 28.8. The average Bonchev–Trinajstić information content (AvgIpc) is 3.44. The molecule has 0 bridgehead atoms. The van der Waals surface area contributed by atoms with Crippen LogP contribution in [0.15, 0.2) is 120 Å². The van der Waals surface area contributed by atoms with E-state index < -0.39 is 20.9 Å². The van der Waals surface area contributed by atoms with Crippen molar-refractivity contribution >= 4 is 61.9 Å².